The minimum atomic E-state index is -0.525. The van der Waals surface area contributed by atoms with Crippen LogP contribution in [0.15, 0.2) is 42.5 Å². The number of benzene rings is 1. The number of aromatic nitrogens is 1. The molecule has 0 amide bonds. The highest BCUT2D eigenvalue weighted by Crippen LogP contribution is 2.23. The lowest BCUT2D eigenvalue weighted by molar-refractivity contribution is 0.583. The van der Waals surface area contributed by atoms with Crippen LogP contribution in [0.1, 0.15) is 6.92 Å². The summed E-state index contributed by atoms with van der Waals surface area (Å²) >= 11 is 0. The lowest BCUT2D eigenvalue weighted by Crippen LogP contribution is -2.17. The molecule has 4 heteroatoms. The molecule has 1 aromatic carbocycles. The van der Waals surface area contributed by atoms with Gasteiger partial charge in [-0.2, -0.15) is 4.39 Å². The molecule has 0 bridgehead atoms. The highest BCUT2D eigenvalue weighted by molar-refractivity contribution is 5.59. The van der Waals surface area contributed by atoms with Crippen molar-refractivity contribution in [1.29, 1.82) is 0 Å². The molecular formula is C13H12F2N2. The van der Waals surface area contributed by atoms with Crippen LogP contribution in [0.5, 0.6) is 0 Å². The summed E-state index contributed by atoms with van der Waals surface area (Å²) in [4.78, 5) is 5.62. The normalized spacial score (nSPS) is 10.3. The molecule has 2 rings (SSSR count). The molecule has 88 valence electrons. The van der Waals surface area contributed by atoms with E-state index >= 15 is 0 Å². The van der Waals surface area contributed by atoms with Crippen LogP contribution in [-0.4, -0.2) is 11.5 Å². The van der Waals surface area contributed by atoms with Crippen LogP contribution in [0.4, 0.5) is 20.3 Å². The first-order chi connectivity index (χ1) is 8.20. The quantitative estimate of drug-likeness (QED) is 0.755. The summed E-state index contributed by atoms with van der Waals surface area (Å²) in [7, 11) is 0. The minimum Gasteiger partial charge on any atom is -0.327 e. The third kappa shape index (κ3) is 2.58. The Kier molecular flexibility index (Phi) is 3.32. The number of rotatable bonds is 3. The van der Waals surface area contributed by atoms with Crippen LogP contribution in [0.2, 0.25) is 0 Å². The van der Waals surface area contributed by atoms with Gasteiger partial charge < -0.3 is 4.90 Å². The fourth-order valence-corrected chi connectivity index (χ4v) is 1.65. The summed E-state index contributed by atoms with van der Waals surface area (Å²) in [5, 5.41) is 0. The molecule has 1 heterocycles. The van der Waals surface area contributed by atoms with Gasteiger partial charge in [0.05, 0.1) is 0 Å². The van der Waals surface area contributed by atoms with Crippen molar-refractivity contribution in [3.63, 3.8) is 0 Å². The van der Waals surface area contributed by atoms with Crippen molar-refractivity contribution >= 4 is 11.5 Å². The van der Waals surface area contributed by atoms with Gasteiger partial charge in [-0.1, -0.05) is 6.07 Å². The van der Waals surface area contributed by atoms with E-state index in [1.807, 2.05) is 11.8 Å². The zero-order valence-corrected chi connectivity index (χ0v) is 9.40. The second-order valence-corrected chi connectivity index (χ2v) is 3.54. The molecule has 0 saturated carbocycles. The maximum absolute atomic E-state index is 13.0. The molecule has 2 nitrogen and oxygen atoms in total. The van der Waals surface area contributed by atoms with E-state index in [2.05, 4.69) is 4.98 Å². The third-order valence-corrected chi connectivity index (χ3v) is 2.43. The van der Waals surface area contributed by atoms with Gasteiger partial charge in [-0.3, -0.25) is 0 Å². The molecule has 0 aliphatic rings. The molecular weight excluding hydrogens is 222 g/mol. The topological polar surface area (TPSA) is 16.1 Å². The fourth-order valence-electron chi connectivity index (χ4n) is 1.65. The standard InChI is InChI=1S/C13H12F2N2/c1-2-17(11-8-6-10(14)7-9-11)13-5-3-4-12(15)16-13/h3-9H,2H2,1H3. The smallest absolute Gasteiger partial charge is 0.214 e. The van der Waals surface area contributed by atoms with Crippen molar-refractivity contribution in [2.75, 3.05) is 11.4 Å². The predicted molar refractivity (Wildman–Crippen MR) is 63.3 cm³/mol. The number of pyridine rings is 1. The van der Waals surface area contributed by atoms with Crippen molar-refractivity contribution in [3.8, 4) is 0 Å². The molecule has 0 saturated heterocycles. The Hall–Kier alpha value is -1.97. The molecule has 0 aliphatic carbocycles. The molecule has 0 aliphatic heterocycles. The van der Waals surface area contributed by atoms with E-state index in [0.29, 0.717) is 12.4 Å². The SMILES string of the molecule is CCN(c1ccc(F)cc1)c1cccc(F)n1. The van der Waals surface area contributed by atoms with Gasteiger partial charge >= 0.3 is 0 Å². The predicted octanol–water partition coefficient (Wildman–Crippen LogP) is 3.52. The third-order valence-electron chi connectivity index (χ3n) is 2.43. The highest BCUT2D eigenvalue weighted by Gasteiger charge is 2.09. The maximum atomic E-state index is 13.0. The van der Waals surface area contributed by atoms with Crippen LogP contribution in [-0.2, 0) is 0 Å². The van der Waals surface area contributed by atoms with Crippen molar-refractivity contribution in [2.24, 2.45) is 0 Å². The van der Waals surface area contributed by atoms with E-state index in [1.54, 1.807) is 24.3 Å². The number of nitrogens with zero attached hydrogens (tertiary/aromatic N) is 2. The van der Waals surface area contributed by atoms with Gasteiger partial charge in [0.1, 0.15) is 11.6 Å². The molecule has 0 radical (unpaired) electrons. The van der Waals surface area contributed by atoms with Crippen LogP contribution in [0.3, 0.4) is 0 Å². The summed E-state index contributed by atoms with van der Waals surface area (Å²) in [5.41, 5.74) is 0.784. The number of hydrogen-bond donors (Lipinski definition) is 0. The highest BCUT2D eigenvalue weighted by atomic mass is 19.1. The van der Waals surface area contributed by atoms with E-state index < -0.39 is 5.95 Å². The molecule has 17 heavy (non-hydrogen) atoms. The second kappa shape index (κ2) is 4.91. The van der Waals surface area contributed by atoms with E-state index in [0.717, 1.165) is 5.69 Å². The van der Waals surface area contributed by atoms with E-state index in [9.17, 15) is 8.78 Å². The van der Waals surface area contributed by atoms with Crippen molar-refractivity contribution < 1.29 is 8.78 Å². The number of hydrogen-bond acceptors (Lipinski definition) is 2. The van der Waals surface area contributed by atoms with Gasteiger partial charge in [-0.25, -0.2) is 9.37 Å². The van der Waals surface area contributed by atoms with Crippen LogP contribution < -0.4 is 4.90 Å². The Morgan fingerprint density at radius 2 is 1.76 bits per heavy atom. The summed E-state index contributed by atoms with van der Waals surface area (Å²) in [6.45, 7) is 2.55. The first-order valence-electron chi connectivity index (χ1n) is 5.36. The maximum Gasteiger partial charge on any atom is 0.214 e. The minimum absolute atomic E-state index is 0.294. The van der Waals surface area contributed by atoms with E-state index in [4.69, 9.17) is 0 Å². The average molecular weight is 234 g/mol. The molecule has 0 N–H and O–H groups in total. The van der Waals surface area contributed by atoms with Gasteiger partial charge in [0.2, 0.25) is 5.95 Å². The van der Waals surface area contributed by atoms with E-state index in [1.165, 1.54) is 18.2 Å². The largest absolute Gasteiger partial charge is 0.327 e. The Morgan fingerprint density at radius 1 is 1.06 bits per heavy atom. The monoisotopic (exact) mass is 234 g/mol. The van der Waals surface area contributed by atoms with Crippen LogP contribution in [0, 0.1) is 11.8 Å². The Balaban J connectivity index is 2.36. The molecule has 0 atom stereocenters. The Bertz CT molecular complexity index is 497. The van der Waals surface area contributed by atoms with Gasteiger partial charge in [0, 0.05) is 12.2 Å². The lowest BCUT2D eigenvalue weighted by atomic mass is 10.2. The van der Waals surface area contributed by atoms with Gasteiger partial charge in [0.15, 0.2) is 0 Å². The Labute approximate surface area is 98.5 Å². The molecule has 1 aromatic heterocycles. The zero-order valence-electron chi connectivity index (χ0n) is 9.40. The molecule has 0 spiro atoms. The van der Waals surface area contributed by atoms with Crippen LogP contribution in [0.25, 0.3) is 0 Å². The fraction of sp³-hybridized carbons (Fsp3) is 0.154. The van der Waals surface area contributed by atoms with Gasteiger partial charge in [-0.15, -0.1) is 0 Å². The number of anilines is 2. The molecule has 0 unspecified atom stereocenters. The van der Waals surface area contributed by atoms with Gasteiger partial charge in [0.25, 0.3) is 0 Å². The van der Waals surface area contributed by atoms with Crippen LogP contribution >= 0.6 is 0 Å². The molecule has 2 aromatic rings. The van der Waals surface area contributed by atoms with Crippen molar-refractivity contribution in [3.05, 3.63) is 54.2 Å². The lowest BCUT2D eigenvalue weighted by Gasteiger charge is -2.21. The second-order valence-electron chi connectivity index (χ2n) is 3.54. The summed E-state index contributed by atoms with van der Waals surface area (Å²) in [6, 6.07) is 10.6. The summed E-state index contributed by atoms with van der Waals surface area (Å²) < 4.78 is 25.9. The first-order valence-corrected chi connectivity index (χ1v) is 5.36. The summed E-state index contributed by atoms with van der Waals surface area (Å²) in [5.74, 6) is -0.306. The van der Waals surface area contributed by atoms with Crippen molar-refractivity contribution in [1.82, 2.24) is 4.98 Å². The zero-order chi connectivity index (χ0) is 12.3. The molecule has 0 fully saturated rings. The average Bonchev–Trinajstić information content (AvgIpc) is 2.33. The van der Waals surface area contributed by atoms with Gasteiger partial charge in [-0.05, 0) is 43.3 Å². The van der Waals surface area contributed by atoms with E-state index in [-0.39, 0.29) is 5.82 Å². The Morgan fingerprint density at radius 3 is 2.35 bits per heavy atom. The first kappa shape index (κ1) is 11.5. The summed E-state index contributed by atoms with van der Waals surface area (Å²) in [6.07, 6.45) is 0. The number of halogens is 2. The van der Waals surface area contributed by atoms with Crippen molar-refractivity contribution in [2.45, 2.75) is 6.92 Å².